The van der Waals surface area contributed by atoms with E-state index in [1.54, 1.807) is 24.0 Å². The highest BCUT2D eigenvalue weighted by atomic mass is 16.6. The minimum Gasteiger partial charge on any atom is -0.354 e. The molecule has 0 aliphatic rings. The van der Waals surface area contributed by atoms with Crippen LogP contribution in [0.15, 0.2) is 24.4 Å². The quantitative estimate of drug-likeness (QED) is 0.589. The number of aromatic nitrogens is 3. The van der Waals surface area contributed by atoms with Crippen LogP contribution in [-0.4, -0.2) is 24.6 Å². The number of fused-ring (bicyclic) bond motifs is 1. The van der Waals surface area contributed by atoms with Crippen LogP contribution in [0.4, 0.5) is 11.4 Å². The average molecular weight is 301 g/mol. The van der Waals surface area contributed by atoms with Gasteiger partial charge in [0.1, 0.15) is 0 Å². The van der Waals surface area contributed by atoms with Gasteiger partial charge < -0.3 is 4.98 Å². The van der Waals surface area contributed by atoms with Gasteiger partial charge in [-0.3, -0.25) is 24.9 Å². The Morgan fingerprint density at radius 3 is 2.45 bits per heavy atom. The van der Waals surface area contributed by atoms with Crippen LogP contribution >= 0.6 is 0 Å². The molecule has 1 N–H and O–H groups in total. The predicted molar refractivity (Wildman–Crippen MR) is 78.5 cm³/mol. The van der Waals surface area contributed by atoms with Crippen molar-refractivity contribution in [2.45, 2.75) is 6.92 Å². The molecule has 1 aromatic carbocycles. The Morgan fingerprint density at radius 1 is 1.18 bits per heavy atom. The molecule has 0 aliphatic carbocycles. The van der Waals surface area contributed by atoms with Gasteiger partial charge in [-0.15, -0.1) is 0 Å². The predicted octanol–water partition coefficient (Wildman–Crippen LogP) is 2.69. The minimum absolute atomic E-state index is 0.298. The van der Waals surface area contributed by atoms with Crippen molar-refractivity contribution in [1.82, 2.24) is 14.8 Å². The Balaban J connectivity index is 2.29. The third-order valence-corrected chi connectivity index (χ3v) is 3.41. The highest BCUT2D eigenvalue weighted by Crippen LogP contribution is 2.34. The number of benzene rings is 1. The lowest BCUT2D eigenvalue weighted by Gasteiger charge is -1.95. The van der Waals surface area contributed by atoms with Crippen LogP contribution in [0.25, 0.3) is 22.2 Å². The number of aromatic amines is 1. The lowest BCUT2D eigenvalue weighted by molar-refractivity contribution is -0.393. The van der Waals surface area contributed by atoms with Crippen LogP contribution in [0.5, 0.6) is 0 Å². The van der Waals surface area contributed by atoms with Crippen LogP contribution in [0.3, 0.4) is 0 Å². The second kappa shape index (κ2) is 4.65. The number of hydrogen-bond donors (Lipinski definition) is 1. The zero-order valence-electron chi connectivity index (χ0n) is 11.7. The van der Waals surface area contributed by atoms with E-state index in [4.69, 9.17) is 0 Å². The molecule has 0 bridgehead atoms. The molecule has 0 atom stereocenters. The van der Waals surface area contributed by atoms with Crippen molar-refractivity contribution in [1.29, 1.82) is 0 Å². The number of H-pyrrole nitrogens is 1. The summed E-state index contributed by atoms with van der Waals surface area (Å²) in [7, 11) is 1.77. The Labute approximate surface area is 123 Å². The van der Waals surface area contributed by atoms with Crippen LogP contribution in [0, 0.1) is 27.2 Å². The molecule has 0 amide bonds. The zero-order chi connectivity index (χ0) is 16.0. The summed E-state index contributed by atoms with van der Waals surface area (Å²) in [6.07, 6.45) is 1.78. The SMILES string of the molecule is Cc1nn(C)cc1-c1cc2c([N+](=O)[O-])cc([N+](=O)[O-])cc2[nH]1. The summed E-state index contributed by atoms with van der Waals surface area (Å²) >= 11 is 0. The highest BCUT2D eigenvalue weighted by Gasteiger charge is 2.22. The molecular weight excluding hydrogens is 290 g/mol. The fraction of sp³-hybridized carbons (Fsp3) is 0.154. The summed E-state index contributed by atoms with van der Waals surface area (Å²) in [5.74, 6) is 0. The molecule has 9 nitrogen and oxygen atoms in total. The van der Waals surface area contributed by atoms with Gasteiger partial charge in [0.15, 0.2) is 0 Å². The zero-order valence-corrected chi connectivity index (χ0v) is 11.7. The lowest BCUT2D eigenvalue weighted by atomic mass is 10.1. The van der Waals surface area contributed by atoms with Crippen LogP contribution in [0.2, 0.25) is 0 Å². The number of non-ortho nitro benzene ring substituents is 2. The van der Waals surface area contributed by atoms with Crippen molar-refractivity contribution in [3.63, 3.8) is 0 Å². The lowest BCUT2D eigenvalue weighted by Crippen LogP contribution is -1.93. The third kappa shape index (κ3) is 2.08. The number of nitrogens with one attached hydrogen (secondary N) is 1. The molecule has 112 valence electrons. The molecule has 0 aliphatic heterocycles. The van der Waals surface area contributed by atoms with Crippen molar-refractivity contribution in [3.05, 3.63) is 50.3 Å². The smallest absolute Gasteiger partial charge is 0.285 e. The Hall–Kier alpha value is -3.23. The maximum atomic E-state index is 11.2. The van der Waals surface area contributed by atoms with E-state index >= 15 is 0 Å². The summed E-state index contributed by atoms with van der Waals surface area (Å²) in [5, 5.41) is 26.6. The number of nitrogens with zero attached hydrogens (tertiary/aromatic N) is 4. The summed E-state index contributed by atoms with van der Waals surface area (Å²) in [6.45, 7) is 1.82. The van der Waals surface area contributed by atoms with Crippen molar-refractivity contribution >= 4 is 22.3 Å². The molecule has 22 heavy (non-hydrogen) atoms. The molecule has 0 fully saturated rings. The molecule has 0 saturated heterocycles. The summed E-state index contributed by atoms with van der Waals surface area (Å²) in [5.41, 5.74) is 1.90. The molecule has 0 unspecified atom stereocenters. The standard InChI is InChI=1S/C13H11N5O4/c1-7-10(6-16(2)15-7)12-5-9-11(14-12)3-8(17(19)20)4-13(9)18(21)22/h3-6,14H,1-2H3. The van der Waals surface area contributed by atoms with E-state index in [2.05, 4.69) is 10.1 Å². The van der Waals surface area contributed by atoms with Gasteiger partial charge in [-0.25, -0.2) is 0 Å². The Bertz CT molecular complexity index is 924. The van der Waals surface area contributed by atoms with Gasteiger partial charge in [0.05, 0.1) is 38.2 Å². The summed E-state index contributed by atoms with van der Waals surface area (Å²) in [4.78, 5) is 23.8. The number of nitro benzene ring substituents is 2. The molecule has 3 rings (SSSR count). The molecule has 2 heterocycles. The second-order valence-electron chi connectivity index (χ2n) is 4.93. The first-order chi connectivity index (χ1) is 10.4. The highest BCUT2D eigenvalue weighted by molar-refractivity contribution is 5.95. The molecular formula is C13H11N5O4. The number of aryl methyl sites for hydroxylation is 2. The number of hydrogen-bond acceptors (Lipinski definition) is 5. The van der Waals surface area contributed by atoms with Gasteiger partial charge >= 0.3 is 0 Å². The normalized spacial score (nSPS) is 11.0. The van der Waals surface area contributed by atoms with Gasteiger partial charge in [0.2, 0.25) is 0 Å². The first-order valence-corrected chi connectivity index (χ1v) is 6.33. The van der Waals surface area contributed by atoms with Crippen LogP contribution in [0.1, 0.15) is 5.69 Å². The van der Waals surface area contributed by atoms with E-state index in [-0.39, 0.29) is 11.4 Å². The average Bonchev–Trinajstić information content (AvgIpc) is 2.99. The molecule has 0 spiro atoms. The van der Waals surface area contributed by atoms with Crippen molar-refractivity contribution in [2.75, 3.05) is 0 Å². The summed E-state index contributed by atoms with van der Waals surface area (Å²) < 4.78 is 1.63. The van der Waals surface area contributed by atoms with E-state index < -0.39 is 9.85 Å². The van der Waals surface area contributed by atoms with Crippen molar-refractivity contribution in [3.8, 4) is 11.3 Å². The van der Waals surface area contributed by atoms with Gasteiger partial charge in [-0.05, 0) is 13.0 Å². The fourth-order valence-electron chi connectivity index (χ4n) is 2.47. The van der Waals surface area contributed by atoms with E-state index in [1.807, 2.05) is 6.92 Å². The molecule has 2 aromatic heterocycles. The van der Waals surface area contributed by atoms with Crippen LogP contribution in [-0.2, 0) is 7.05 Å². The van der Waals surface area contributed by atoms with E-state index in [9.17, 15) is 20.2 Å². The number of rotatable bonds is 3. The first-order valence-electron chi connectivity index (χ1n) is 6.33. The van der Waals surface area contributed by atoms with E-state index in [0.717, 1.165) is 17.3 Å². The molecule has 0 saturated carbocycles. The monoisotopic (exact) mass is 301 g/mol. The van der Waals surface area contributed by atoms with Gasteiger partial charge in [0.25, 0.3) is 11.4 Å². The minimum atomic E-state index is -0.651. The van der Waals surface area contributed by atoms with Gasteiger partial charge in [-0.1, -0.05) is 0 Å². The second-order valence-corrected chi connectivity index (χ2v) is 4.93. The molecule has 9 heteroatoms. The Kier molecular flexibility index (Phi) is 2.91. The van der Waals surface area contributed by atoms with Crippen LogP contribution < -0.4 is 0 Å². The maximum Gasteiger partial charge on any atom is 0.285 e. The largest absolute Gasteiger partial charge is 0.354 e. The topological polar surface area (TPSA) is 120 Å². The van der Waals surface area contributed by atoms with E-state index in [0.29, 0.717) is 16.6 Å². The third-order valence-electron chi connectivity index (χ3n) is 3.41. The number of nitro groups is 2. The first kappa shape index (κ1) is 13.7. The summed E-state index contributed by atoms with van der Waals surface area (Å²) in [6, 6.07) is 3.87. The van der Waals surface area contributed by atoms with Crippen molar-refractivity contribution in [2.24, 2.45) is 7.05 Å². The van der Waals surface area contributed by atoms with Crippen molar-refractivity contribution < 1.29 is 9.85 Å². The van der Waals surface area contributed by atoms with Gasteiger partial charge in [0, 0.05) is 24.9 Å². The molecule has 0 radical (unpaired) electrons. The molecule has 3 aromatic rings. The van der Waals surface area contributed by atoms with Gasteiger partial charge in [-0.2, -0.15) is 5.10 Å². The maximum absolute atomic E-state index is 11.2. The van der Waals surface area contributed by atoms with E-state index in [1.165, 1.54) is 6.07 Å². The Morgan fingerprint density at radius 2 is 1.91 bits per heavy atom. The fourth-order valence-corrected chi connectivity index (χ4v) is 2.47.